The number of nitrogens with one attached hydrogen (secondary N) is 1. The van der Waals surface area contributed by atoms with Crippen LogP contribution in [0.2, 0.25) is 0 Å². The molecule has 3 N–H and O–H groups in total. The third kappa shape index (κ3) is 3.03. The van der Waals surface area contributed by atoms with Gasteiger partial charge in [-0.15, -0.1) is 0 Å². The van der Waals surface area contributed by atoms with E-state index in [0.29, 0.717) is 4.48 Å². The summed E-state index contributed by atoms with van der Waals surface area (Å²) in [5.41, 5.74) is 5.18. The molecule has 1 aromatic carbocycles. The zero-order valence-corrected chi connectivity index (χ0v) is 9.77. The van der Waals surface area contributed by atoms with Crippen LogP contribution in [0.1, 0.15) is 10.4 Å². The first-order chi connectivity index (χ1) is 7.41. The molecule has 0 aromatic heterocycles. The average molecular weight is 291 g/mol. The Morgan fingerprint density at radius 3 is 2.56 bits per heavy atom. The Bertz CT molecular complexity index is 449. The second kappa shape index (κ2) is 5.07. The van der Waals surface area contributed by atoms with Crippen molar-refractivity contribution in [2.45, 2.75) is 0 Å². The molecule has 6 heteroatoms. The highest BCUT2D eigenvalue weighted by Crippen LogP contribution is 2.16. The van der Waals surface area contributed by atoms with Gasteiger partial charge in [0, 0.05) is 22.8 Å². The number of halogens is 3. The highest BCUT2D eigenvalue weighted by atomic mass is 79.9. The minimum atomic E-state index is -1.11. The van der Waals surface area contributed by atoms with Gasteiger partial charge >= 0.3 is 0 Å². The second-order valence-corrected chi connectivity index (χ2v) is 4.17. The highest BCUT2D eigenvalue weighted by molar-refractivity contribution is 9.11. The summed E-state index contributed by atoms with van der Waals surface area (Å²) in [6.07, 6.45) is 0. The van der Waals surface area contributed by atoms with E-state index >= 15 is 0 Å². The molecule has 0 unspecified atom stereocenters. The van der Waals surface area contributed by atoms with Crippen LogP contribution in [-0.4, -0.2) is 12.5 Å². The van der Waals surface area contributed by atoms with Gasteiger partial charge in [-0.1, -0.05) is 22.5 Å². The lowest BCUT2D eigenvalue weighted by Gasteiger charge is -2.07. The Kier molecular flexibility index (Phi) is 4.00. The molecule has 3 nitrogen and oxygen atoms in total. The standard InChI is InChI=1S/C10H9BrF2N2O/c1-5(11)4-15-10(16)6-2-7(12)8(13)3-9(6)14/h2-3H,1,4,14H2,(H,15,16). The smallest absolute Gasteiger partial charge is 0.253 e. The maximum absolute atomic E-state index is 12.9. The Morgan fingerprint density at radius 2 is 2.00 bits per heavy atom. The molecule has 0 spiro atoms. The molecule has 0 radical (unpaired) electrons. The summed E-state index contributed by atoms with van der Waals surface area (Å²) in [6.45, 7) is 3.69. The van der Waals surface area contributed by atoms with Gasteiger partial charge in [-0.25, -0.2) is 8.78 Å². The molecule has 86 valence electrons. The van der Waals surface area contributed by atoms with Crippen LogP contribution < -0.4 is 11.1 Å². The van der Waals surface area contributed by atoms with Crippen molar-refractivity contribution in [3.05, 3.63) is 40.4 Å². The van der Waals surface area contributed by atoms with Crippen molar-refractivity contribution >= 4 is 27.5 Å². The van der Waals surface area contributed by atoms with Gasteiger partial charge in [0.15, 0.2) is 11.6 Å². The summed E-state index contributed by atoms with van der Waals surface area (Å²) in [7, 11) is 0. The Hall–Kier alpha value is -1.43. The molecule has 1 aromatic rings. The van der Waals surface area contributed by atoms with Crippen molar-refractivity contribution in [1.29, 1.82) is 0 Å². The van der Waals surface area contributed by atoms with Crippen molar-refractivity contribution in [1.82, 2.24) is 5.32 Å². The normalized spacial score (nSPS) is 9.94. The van der Waals surface area contributed by atoms with Crippen LogP contribution in [0.3, 0.4) is 0 Å². The number of hydrogen-bond acceptors (Lipinski definition) is 2. The molecular formula is C10H9BrF2N2O. The third-order valence-corrected chi connectivity index (χ3v) is 2.06. The van der Waals surface area contributed by atoms with Gasteiger partial charge in [-0.05, 0) is 6.07 Å². The summed E-state index contributed by atoms with van der Waals surface area (Å²) < 4.78 is 26.2. The molecule has 0 aliphatic carbocycles. The topological polar surface area (TPSA) is 55.1 Å². The predicted molar refractivity (Wildman–Crippen MR) is 61.2 cm³/mol. The Labute approximate surface area is 99.5 Å². The molecule has 0 saturated heterocycles. The maximum atomic E-state index is 12.9. The minimum Gasteiger partial charge on any atom is -0.398 e. The minimum absolute atomic E-state index is 0.104. The van der Waals surface area contributed by atoms with Gasteiger partial charge in [-0.2, -0.15) is 0 Å². The molecule has 0 aliphatic heterocycles. The lowest BCUT2D eigenvalue weighted by molar-refractivity contribution is 0.0958. The molecule has 16 heavy (non-hydrogen) atoms. The largest absolute Gasteiger partial charge is 0.398 e. The number of carbonyl (C=O) groups excluding carboxylic acids is 1. The predicted octanol–water partition coefficient (Wildman–Crippen LogP) is 2.19. The van der Waals surface area contributed by atoms with Gasteiger partial charge < -0.3 is 11.1 Å². The van der Waals surface area contributed by atoms with E-state index in [4.69, 9.17) is 5.73 Å². The summed E-state index contributed by atoms with van der Waals surface area (Å²) in [6, 6.07) is 1.53. The number of amides is 1. The van der Waals surface area contributed by atoms with Gasteiger partial charge in [0.1, 0.15) is 0 Å². The number of hydrogen-bond donors (Lipinski definition) is 2. The average Bonchev–Trinajstić information content (AvgIpc) is 2.20. The van der Waals surface area contributed by atoms with Gasteiger partial charge in [0.25, 0.3) is 5.91 Å². The van der Waals surface area contributed by atoms with Gasteiger partial charge in [0.05, 0.1) is 5.56 Å². The first-order valence-corrected chi connectivity index (χ1v) is 5.07. The number of nitrogens with two attached hydrogens (primary N) is 1. The Balaban J connectivity index is 2.91. The van der Waals surface area contributed by atoms with E-state index in [0.717, 1.165) is 12.1 Å². The summed E-state index contributed by atoms with van der Waals surface area (Å²) in [5.74, 6) is -2.78. The first kappa shape index (κ1) is 12.6. The Morgan fingerprint density at radius 1 is 1.44 bits per heavy atom. The number of carbonyl (C=O) groups is 1. The lowest BCUT2D eigenvalue weighted by atomic mass is 10.1. The first-order valence-electron chi connectivity index (χ1n) is 4.28. The fourth-order valence-corrected chi connectivity index (χ4v) is 1.17. The van der Waals surface area contributed by atoms with E-state index in [1.807, 2.05) is 0 Å². The third-order valence-electron chi connectivity index (χ3n) is 1.78. The van der Waals surface area contributed by atoms with E-state index < -0.39 is 17.5 Å². The summed E-state index contributed by atoms with van der Waals surface area (Å²) in [5, 5.41) is 2.43. The van der Waals surface area contributed by atoms with Crippen molar-refractivity contribution < 1.29 is 13.6 Å². The molecule has 1 amide bonds. The van der Waals surface area contributed by atoms with E-state index in [-0.39, 0.29) is 17.8 Å². The van der Waals surface area contributed by atoms with Crippen molar-refractivity contribution in [3.63, 3.8) is 0 Å². The van der Waals surface area contributed by atoms with Crippen LogP contribution in [0, 0.1) is 11.6 Å². The fourth-order valence-electron chi connectivity index (χ4n) is 1.03. The quantitative estimate of drug-likeness (QED) is 0.839. The number of benzene rings is 1. The van der Waals surface area contributed by atoms with E-state index in [1.165, 1.54) is 0 Å². The van der Waals surface area contributed by atoms with E-state index in [2.05, 4.69) is 27.8 Å². The van der Waals surface area contributed by atoms with Crippen LogP contribution >= 0.6 is 15.9 Å². The number of nitrogen functional groups attached to an aromatic ring is 1. The number of rotatable bonds is 3. The van der Waals surface area contributed by atoms with E-state index in [1.54, 1.807) is 0 Å². The van der Waals surface area contributed by atoms with Crippen molar-refractivity contribution in [2.24, 2.45) is 0 Å². The second-order valence-electron chi connectivity index (χ2n) is 3.05. The molecule has 0 fully saturated rings. The molecular weight excluding hydrogens is 282 g/mol. The van der Waals surface area contributed by atoms with E-state index in [9.17, 15) is 13.6 Å². The van der Waals surface area contributed by atoms with Gasteiger partial charge in [0.2, 0.25) is 0 Å². The molecule has 0 bridgehead atoms. The zero-order valence-electron chi connectivity index (χ0n) is 8.19. The molecule has 0 aliphatic rings. The molecule has 0 heterocycles. The van der Waals surface area contributed by atoms with Crippen LogP contribution in [0.4, 0.5) is 14.5 Å². The van der Waals surface area contributed by atoms with Crippen LogP contribution in [-0.2, 0) is 0 Å². The molecule has 0 saturated carbocycles. The monoisotopic (exact) mass is 290 g/mol. The van der Waals surface area contributed by atoms with Gasteiger partial charge in [-0.3, -0.25) is 4.79 Å². The van der Waals surface area contributed by atoms with Crippen LogP contribution in [0.25, 0.3) is 0 Å². The van der Waals surface area contributed by atoms with Crippen LogP contribution in [0.15, 0.2) is 23.2 Å². The summed E-state index contributed by atoms with van der Waals surface area (Å²) >= 11 is 3.05. The zero-order chi connectivity index (χ0) is 12.3. The number of anilines is 1. The lowest BCUT2D eigenvalue weighted by Crippen LogP contribution is -2.25. The fraction of sp³-hybridized carbons (Fsp3) is 0.100. The molecule has 1 rings (SSSR count). The molecule has 0 atom stereocenters. The van der Waals surface area contributed by atoms with Crippen molar-refractivity contribution in [3.8, 4) is 0 Å². The summed E-state index contributed by atoms with van der Waals surface area (Å²) in [4.78, 5) is 11.5. The SMILES string of the molecule is C=C(Br)CNC(=O)c1cc(F)c(F)cc1N. The van der Waals surface area contributed by atoms with Crippen LogP contribution in [0.5, 0.6) is 0 Å². The highest BCUT2D eigenvalue weighted by Gasteiger charge is 2.13. The van der Waals surface area contributed by atoms with Crippen molar-refractivity contribution in [2.75, 3.05) is 12.3 Å². The maximum Gasteiger partial charge on any atom is 0.253 e.